The average Bonchev–Trinajstić information content (AvgIpc) is 3.04. The Hall–Kier alpha value is -1.94. The molecule has 1 atom stereocenters. The predicted molar refractivity (Wildman–Crippen MR) is 84.6 cm³/mol. The molecule has 2 aromatic rings. The summed E-state index contributed by atoms with van der Waals surface area (Å²) in [5, 5.41) is 11.4. The maximum absolute atomic E-state index is 13.0. The van der Waals surface area contributed by atoms with Crippen molar-refractivity contribution in [3.05, 3.63) is 59.9 Å². The number of nitrogens with zero attached hydrogens (tertiary/aromatic N) is 2. The lowest BCUT2D eigenvalue weighted by Gasteiger charge is -2.38. The number of hydrogen-bond acceptors (Lipinski definition) is 2. The largest absolute Gasteiger partial charge is 0.383 e. The maximum Gasteiger partial charge on any atom is 0.123 e. The summed E-state index contributed by atoms with van der Waals surface area (Å²) in [4.78, 5) is 4.05. The molecule has 1 saturated carbocycles. The molecule has 1 N–H and O–H groups in total. The quantitative estimate of drug-likeness (QED) is 0.939. The summed E-state index contributed by atoms with van der Waals surface area (Å²) in [6, 6.07) is 6.37. The highest BCUT2D eigenvalue weighted by Gasteiger charge is 2.50. The highest BCUT2D eigenvalue weighted by molar-refractivity contribution is 5.56. The Morgan fingerprint density at radius 2 is 2.05 bits per heavy atom. The number of rotatable bonds is 3. The predicted octanol–water partition coefficient (Wildman–Crippen LogP) is 3.66. The van der Waals surface area contributed by atoms with Gasteiger partial charge in [0.15, 0.2) is 0 Å². The van der Waals surface area contributed by atoms with Gasteiger partial charge >= 0.3 is 0 Å². The molecule has 1 aromatic heterocycles. The van der Waals surface area contributed by atoms with E-state index in [0.717, 1.165) is 24.0 Å². The van der Waals surface area contributed by atoms with Gasteiger partial charge < -0.3 is 9.67 Å². The molecule has 1 unspecified atom stereocenters. The third kappa shape index (κ3) is 2.59. The SMILES string of the molecule is CC1(C)CCC(=Cc2ccc(F)cc2)C1(O)Cn1ccnc1. The molecule has 3 rings (SSSR count). The first kappa shape index (κ1) is 15.0. The molecular formula is C18H21FN2O. The topological polar surface area (TPSA) is 38.0 Å². The summed E-state index contributed by atoms with van der Waals surface area (Å²) in [6.07, 6.45) is 9.06. The highest BCUT2D eigenvalue weighted by atomic mass is 19.1. The van der Waals surface area contributed by atoms with Crippen molar-refractivity contribution in [1.82, 2.24) is 9.55 Å². The lowest BCUT2D eigenvalue weighted by Crippen LogP contribution is -2.44. The first-order chi connectivity index (χ1) is 10.4. The summed E-state index contributed by atoms with van der Waals surface area (Å²) in [6.45, 7) is 4.66. The van der Waals surface area contributed by atoms with E-state index in [1.165, 1.54) is 12.1 Å². The number of imidazole rings is 1. The molecule has 0 spiro atoms. The monoisotopic (exact) mass is 300 g/mol. The fourth-order valence-electron chi connectivity index (χ4n) is 3.21. The van der Waals surface area contributed by atoms with Crippen LogP contribution in [0.4, 0.5) is 4.39 Å². The van der Waals surface area contributed by atoms with Gasteiger partial charge in [0.1, 0.15) is 11.4 Å². The van der Waals surface area contributed by atoms with Crippen molar-refractivity contribution in [3.63, 3.8) is 0 Å². The third-order valence-corrected chi connectivity index (χ3v) is 4.85. The Balaban J connectivity index is 1.97. The van der Waals surface area contributed by atoms with E-state index < -0.39 is 5.60 Å². The Labute approximate surface area is 130 Å². The summed E-state index contributed by atoms with van der Waals surface area (Å²) >= 11 is 0. The number of aromatic nitrogens is 2. The fourth-order valence-corrected chi connectivity index (χ4v) is 3.21. The molecule has 1 heterocycles. The summed E-state index contributed by atoms with van der Waals surface area (Å²) in [5.41, 5.74) is 0.765. The molecule has 22 heavy (non-hydrogen) atoms. The Bertz CT molecular complexity index is 674. The normalized spacial score (nSPS) is 25.7. The van der Waals surface area contributed by atoms with Gasteiger partial charge in [-0.2, -0.15) is 0 Å². The molecule has 1 fully saturated rings. The van der Waals surface area contributed by atoms with Gasteiger partial charge in [0.25, 0.3) is 0 Å². The molecule has 0 bridgehead atoms. The number of halogens is 1. The summed E-state index contributed by atoms with van der Waals surface area (Å²) in [7, 11) is 0. The van der Waals surface area contributed by atoms with Gasteiger partial charge in [0.05, 0.1) is 12.9 Å². The van der Waals surface area contributed by atoms with Crippen LogP contribution in [0.2, 0.25) is 0 Å². The van der Waals surface area contributed by atoms with Crippen LogP contribution in [0.15, 0.2) is 48.6 Å². The van der Waals surface area contributed by atoms with Crippen molar-refractivity contribution >= 4 is 6.08 Å². The molecule has 0 amide bonds. The smallest absolute Gasteiger partial charge is 0.123 e. The van der Waals surface area contributed by atoms with E-state index in [4.69, 9.17) is 0 Å². The summed E-state index contributed by atoms with van der Waals surface area (Å²) in [5.74, 6) is -0.248. The minimum Gasteiger partial charge on any atom is -0.383 e. The first-order valence-electron chi connectivity index (χ1n) is 7.55. The maximum atomic E-state index is 13.0. The second kappa shape index (κ2) is 5.36. The molecule has 3 nitrogen and oxygen atoms in total. The fraction of sp³-hybridized carbons (Fsp3) is 0.389. The number of benzene rings is 1. The first-order valence-corrected chi connectivity index (χ1v) is 7.55. The van der Waals surface area contributed by atoms with Gasteiger partial charge in [-0.1, -0.05) is 32.1 Å². The van der Waals surface area contributed by atoms with Gasteiger partial charge in [-0.25, -0.2) is 9.37 Å². The summed E-state index contributed by atoms with van der Waals surface area (Å²) < 4.78 is 15.0. The van der Waals surface area contributed by atoms with E-state index in [2.05, 4.69) is 18.8 Å². The van der Waals surface area contributed by atoms with Gasteiger partial charge in [0, 0.05) is 12.4 Å². The standard InChI is InChI=1S/C18H21FN2O/c1-17(2)8-7-15(11-14-3-5-16(19)6-4-14)18(17,22)12-21-10-9-20-13-21/h3-6,9-11,13,22H,7-8,12H2,1-2H3. The molecule has 1 aromatic carbocycles. The average molecular weight is 300 g/mol. The zero-order valence-electron chi connectivity index (χ0n) is 13.0. The number of aliphatic hydroxyl groups is 1. The zero-order valence-corrected chi connectivity index (χ0v) is 13.0. The van der Waals surface area contributed by atoms with Crippen LogP contribution in [0.3, 0.4) is 0 Å². The van der Waals surface area contributed by atoms with Crippen LogP contribution in [0.1, 0.15) is 32.3 Å². The van der Waals surface area contributed by atoms with Crippen molar-refractivity contribution < 1.29 is 9.50 Å². The lowest BCUT2D eigenvalue weighted by atomic mass is 9.76. The molecule has 0 aliphatic heterocycles. The molecule has 116 valence electrons. The van der Waals surface area contributed by atoms with Gasteiger partial charge in [0.2, 0.25) is 0 Å². The molecule has 1 aliphatic rings. The van der Waals surface area contributed by atoms with Gasteiger partial charge in [-0.15, -0.1) is 0 Å². The van der Waals surface area contributed by atoms with Crippen molar-refractivity contribution in [2.75, 3.05) is 0 Å². The van der Waals surface area contributed by atoms with Gasteiger partial charge in [-0.3, -0.25) is 0 Å². The third-order valence-electron chi connectivity index (χ3n) is 4.85. The molecular weight excluding hydrogens is 279 g/mol. The van der Waals surface area contributed by atoms with E-state index in [1.54, 1.807) is 24.7 Å². The van der Waals surface area contributed by atoms with Crippen LogP contribution in [0.25, 0.3) is 6.08 Å². The van der Waals surface area contributed by atoms with E-state index in [1.807, 2.05) is 16.8 Å². The minimum absolute atomic E-state index is 0.219. The number of hydrogen-bond donors (Lipinski definition) is 1. The second-order valence-corrected chi connectivity index (χ2v) is 6.70. The zero-order chi connectivity index (χ0) is 15.8. The minimum atomic E-state index is -0.928. The van der Waals surface area contributed by atoms with E-state index in [0.29, 0.717) is 6.54 Å². The van der Waals surface area contributed by atoms with Crippen molar-refractivity contribution in [1.29, 1.82) is 0 Å². The van der Waals surface area contributed by atoms with E-state index in [-0.39, 0.29) is 11.2 Å². The van der Waals surface area contributed by atoms with Crippen LogP contribution >= 0.6 is 0 Å². The van der Waals surface area contributed by atoms with Crippen LogP contribution in [-0.4, -0.2) is 20.3 Å². The van der Waals surface area contributed by atoms with Gasteiger partial charge in [-0.05, 0) is 41.5 Å². The Morgan fingerprint density at radius 1 is 1.32 bits per heavy atom. The molecule has 0 radical (unpaired) electrons. The van der Waals surface area contributed by atoms with Crippen molar-refractivity contribution in [3.8, 4) is 0 Å². The van der Waals surface area contributed by atoms with Crippen molar-refractivity contribution in [2.24, 2.45) is 5.41 Å². The van der Waals surface area contributed by atoms with E-state index >= 15 is 0 Å². The molecule has 0 saturated heterocycles. The molecule has 1 aliphatic carbocycles. The lowest BCUT2D eigenvalue weighted by molar-refractivity contribution is -0.0272. The van der Waals surface area contributed by atoms with Crippen LogP contribution in [0.5, 0.6) is 0 Å². The second-order valence-electron chi connectivity index (χ2n) is 6.70. The highest BCUT2D eigenvalue weighted by Crippen LogP contribution is 2.50. The van der Waals surface area contributed by atoms with Crippen LogP contribution < -0.4 is 0 Å². The van der Waals surface area contributed by atoms with E-state index in [9.17, 15) is 9.50 Å². The van der Waals surface area contributed by atoms with Crippen LogP contribution in [0, 0.1) is 11.2 Å². The van der Waals surface area contributed by atoms with Crippen molar-refractivity contribution in [2.45, 2.75) is 38.8 Å². The van der Waals surface area contributed by atoms with Crippen LogP contribution in [-0.2, 0) is 6.54 Å². The molecule has 4 heteroatoms. The Kier molecular flexibility index (Phi) is 3.65. The Morgan fingerprint density at radius 3 is 2.68 bits per heavy atom.